The predicted octanol–water partition coefficient (Wildman–Crippen LogP) is 3.49. The second-order valence-electron chi connectivity index (χ2n) is 9.62. The number of likely N-dealkylation sites (N-methyl/N-ethyl adjacent to an activating group) is 1. The molecule has 0 bridgehead atoms. The molecule has 1 aliphatic carbocycles. The van der Waals surface area contributed by atoms with Gasteiger partial charge in [-0.1, -0.05) is 44.2 Å². The molecular weight excluding hydrogens is 416 g/mol. The van der Waals surface area contributed by atoms with E-state index in [2.05, 4.69) is 53.4 Å². The third-order valence-electron chi connectivity index (χ3n) is 6.72. The van der Waals surface area contributed by atoms with Crippen LogP contribution in [0.4, 0.5) is 10.6 Å². The number of nitrogens with zero attached hydrogens (tertiary/aromatic N) is 5. The molecule has 3 amide bonds. The van der Waals surface area contributed by atoms with Crippen LogP contribution in [0.3, 0.4) is 0 Å². The van der Waals surface area contributed by atoms with E-state index in [9.17, 15) is 14.9 Å². The molecular formula is C25H32N6O2. The second kappa shape index (κ2) is 9.99. The lowest BCUT2D eigenvalue weighted by molar-refractivity contribution is -0.127. The van der Waals surface area contributed by atoms with Crippen LogP contribution in [0.5, 0.6) is 0 Å². The van der Waals surface area contributed by atoms with E-state index < -0.39 is 6.03 Å². The van der Waals surface area contributed by atoms with Crippen LogP contribution in [0, 0.1) is 16.7 Å². The van der Waals surface area contributed by atoms with E-state index in [1.165, 1.54) is 21.6 Å². The van der Waals surface area contributed by atoms with Crippen molar-refractivity contribution in [3.8, 4) is 6.07 Å². The fourth-order valence-corrected chi connectivity index (χ4v) is 4.29. The smallest absolute Gasteiger partial charge is 0.323 e. The number of hydrogen-bond acceptors (Lipinski definition) is 5. The van der Waals surface area contributed by atoms with Gasteiger partial charge in [0, 0.05) is 26.8 Å². The fraction of sp³-hybridized carbons (Fsp3) is 0.480. The van der Waals surface area contributed by atoms with Gasteiger partial charge in [0.2, 0.25) is 11.7 Å². The molecule has 0 aliphatic heterocycles. The van der Waals surface area contributed by atoms with Crippen LogP contribution in [0.1, 0.15) is 50.9 Å². The molecule has 2 aromatic rings. The van der Waals surface area contributed by atoms with Crippen LogP contribution in [-0.2, 0) is 10.2 Å². The first-order valence-electron chi connectivity index (χ1n) is 11.2. The predicted molar refractivity (Wildman–Crippen MR) is 127 cm³/mol. The van der Waals surface area contributed by atoms with Gasteiger partial charge in [0.1, 0.15) is 11.9 Å². The van der Waals surface area contributed by atoms with Crippen LogP contribution >= 0.6 is 0 Å². The first-order valence-corrected chi connectivity index (χ1v) is 11.2. The molecule has 1 N–H and O–H groups in total. The van der Waals surface area contributed by atoms with Gasteiger partial charge in [-0.3, -0.25) is 9.69 Å². The molecule has 3 rings (SSSR count). The van der Waals surface area contributed by atoms with E-state index in [-0.39, 0.29) is 29.1 Å². The number of benzene rings is 1. The Morgan fingerprint density at radius 2 is 1.76 bits per heavy atom. The molecule has 33 heavy (non-hydrogen) atoms. The molecule has 1 aromatic heterocycles. The Bertz CT molecular complexity index is 1020. The molecule has 8 nitrogen and oxygen atoms in total. The van der Waals surface area contributed by atoms with Gasteiger partial charge in [-0.2, -0.15) is 5.26 Å². The minimum atomic E-state index is -0.412. The largest absolute Gasteiger partial charge is 0.347 e. The molecule has 174 valence electrons. The Balaban J connectivity index is 1.78. The molecule has 1 aliphatic rings. The maximum atomic E-state index is 13.1. The molecule has 0 spiro atoms. The summed E-state index contributed by atoms with van der Waals surface area (Å²) in [5, 5.41) is 11.9. The first kappa shape index (κ1) is 24.2. The summed E-state index contributed by atoms with van der Waals surface area (Å²) in [6, 6.07) is 13.7. The van der Waals surface area contributed by atoms with Gasteiger partial charge in [0.25, 0.3) is 0 Å². The maximum Gasteiger partial charge on any atom is 0.323 e. The van der Waals surface area contributed by atoms with Crippen molar-refractivity contribution in [3.63, 3.8) is 0 Å². The summed E-state index contributed by atoms with van der Waals surface area (Å²) in [7, 11) is 3.28. The van der Waals surface area contributed by atoms with Gasteiger partial charge in [-0.25, -0.2) is 14.8 Å². The number of aromatic nitrogens is 2. The zero-order chi connectivity index (χ0) is 24.1. The van der Waals surface area contributed by atoms with Crippen molar-refractivity contribution in [2.24, 2.45) is 5.41 Å². The van der Waals surface area contributed by atoms with E-state index in [0.717, 1.165) is 25.7 Å². The average molecular weight is 449 g/mol. The lowest BCUT2D eigenvalue weighted by atomic mass is 9.62. The van der Waals surface area contributed by atoms with Gasteiger partial charge in [-0.15, -0.1) is 0 Å². The van der Waals surface area contributed by atoms with Crippen molar-refractivity contribution in [2.75, 3.05) is 32.1 Å². The first-order chi connectivity index (χ1) is 15.7. The summed E-state index contributed by atoms with van der Waals surface area (Å²) >= 11 is 0. The topological polar surface area (TPSA) is 102 Å². The van der Waals surface area contributed by atoms with Crippen LogP contribution in [0.2, 0.25) is 0 Å². The summed E-state index contributed by atoms with van der Waals surface area (Å²) in [6.07, 6.45) is 5.37. The minimum Gasteiger partial charge on any atom is -0.347 e. The standard InChI is InChI=1S/C25H32N6O2/c1-24(11-13-25(2,14-12-24)19-8-6-5-7-9-19)18-31(21-10-15-27-20(16-26)29-21)23(33)28-17-22(32)30(3)4/h5-10,15H,11-14,17-18H2,1-4H3,(H,28,33). The number of amides is 3. The summed E-state index contributed by atoms with van der Waals surface area (Å²) in [5.41, 5.74) is 1.32. The quantitative estimate of drug-likeness (QED) is 0.729. The SMILES string of the molecule is CN(C)C(=O)CNC(=O)N(CC1(C)CCC(C)(c2ccccc2)CC1)c1ccnc(C#N)n1. The van der Waals surface area contributed by atoms with Gasteiger partial charge in [0.15, 0.2) is 0 Å². The highest BCUT2D eigenvalue weighted by molar-refractivity contribution is 5.93. The molecule has 1 heterocycles. The van der Waals surface area contributed by atoms with Gasteiger partial charge < -0.3 is 10.2 Å². The van der Waals surface area contributed by atoms with Crippen molar-refractivity contribution in [1.82, 2.24) is 20.2 Å². The number of anilines is 1. The highest BCUT2D eigenvalue weighted by Crippen LogP contribution is 2.47. The molecule has 8 heteroatoms. The number of nitriles is 1. The van der Waals surface area contributed by atoms with Crippen LogP contribution < -0.4 is 10.2 Å². The number of urea groups is 1. The number of nitrogens with one attached hydrogen (secondary N) is 1. The van der Waals surface area contributed by atoms with Crippen molar-refractivity contribution in [1.29, 1.82) is 5.26 Å². The van der Waals surface area contributed by atoms with Crippen LogP contribution in [-0.4, -0.2) is 54.0 Å². The number of hydrogen-bond donors (Lipinski definition) is 1. The second-order valence-corrected chi connectivity index (χ2v) is 9.62. The fourth-order valence-electron chi connectivity index (χ4n) is 4.29. The van der Waals surface area contributed by atoms with Crippen LogP contribution in [0.25, 0.3) is 0 Å². The molecule has 0 unspecified atom stereocenters. The highest BCUT2D eigenvalue weighted by Gasteiger charge is 2.40. The Morgan fingerprint density at radius 1 is 1.09 bits per heavy atom. The van der Waals surface area contributed by atoms with Crippen molar-refractivity contribution in [2.45, 2.75) is 44.9 Å². The maximum absolute atomic E-state index is 13.1. The summed E-state index contributed by atoms with van der Waals surface area (Å²) in [4.78, 5) is 36.3. The third-order valence-corrected chi connectivity index (χ3v) is 6.72. The van der Waals surface area contributed by atoms with Gasteiger partial charge >= 0.3 is 6.03 Å². The zero-order valence-electron chi connectivity index (χ0n) is 19.8. The molecule has 0 radical (unpaired) electrons. The molecule has 1 saturated carbocycles. The number of carbonyl (C=O) groups is 2. The third kappa shape index (κ3) is 5.86. The molecule has 1 fully saturated rings. The minimum absolute atomic E-state index is 0.000109. The lowest BCUT2D eigenvalue weighted by Gasteiger charge is -2.45. The Kier molecular flexibility index (Phi) is 7.32. The molecule has 1 aromatic carbocycles. The van der Waals surface area contributed by atoms with Crippen molar-refractivity contribution < 1.29 is 9.59 Å². The van der Waals surface area contributed by atoms with Gasteiger partial charge in [0.05, 0.1) is 6.54 Å². The summed E-state index contributed by atoms with van der Waals surface area (Å²) in [6.45, 7) is 4.82. The summed E-state index contributed by atoms with van der Waals surface area (Å²) < 4.78 is 0. The highest BCUT2D eigenvalue weighted by atomic mass is 16.2. The van der Waals surface area contributed by atoms with E-state index in [4.69, 9.17) is 0 Å². The Morgan fingerprint density at radius 3 is 2.36 bits per heavy atom. The van der Waals surface area contributed by atoms with Crippen molar-refractivity contribution >= 4 is 17.8 Å². The number of carbonyl (C=O) groups excluding carboxylic acids is 2. The number of rotatable bonds is 6. The average Bonchev–Trinajstić information content (AvgIpc) is 2.83. The van der Waals surface area contributed by atoms with E-state index in [1.54, 1.807) is 20.2 Å². The zero-order valence-corrected chi connectivity index (χ0v) is 19.8. The lowest BCUT2D eigenvalue weighted by Crippen LogP contribution is -2.49. The van der Waals surface area contributed by atoms with Crippen LogP contribution in [0.15, 0.2) is 42.6 Å². The Hall–Kier alpha value is -3.47. The normalized spacial score (nSPS) is 22.2. The van der Waals surface area contributed by atoms with Gasteiger partial charge in [-0.05, 0) is 48.1 Å². The van der Waals surface area contributed by atoms with E-state index in [0.29, 0.717) is 12.4 Å². The Labute approximate surface area is 195 Å². The van der Waals surface area contributed by atoms with E-state index in [1.807, 2.05) is 12.1 Å². The summed E-state index contributed by atoms with van der Waals surface area (Å²) in [5.74, 6) is 0.153. The van der Waals surface area contributed by atoms with E-state index >= 15 is 0 Å². The molecule has 0 atom stereocenters. The monoisotopic (exact) mass is 448 g/mol. The molecule has 0 saturated heterocycles. The van der Waals surface area contributed by atoms with Crippen molar-refractivity contribution in [3.05, 3.63) is 54.0 Å².